The first-order chi connectivity index (χ1) is 11.3. The summed E-state index contributed by atoms with van der Waals surface area (Å²) in [5.41, 5.74) is 2.99. The van der Waals surface area contributed by atoms with Crippen molar-refractivity contribution in [1.82, 2.24) is 0 Å². The summed E-state index contributed by atoms with van der Waals surface area (Å²) in [4.78, 5) is 0. The van der Waals surface area contributed by atoms with E-state index in [9.17, 15) is 14.4 Å². The number of phenolic OH excluding ortho intramolecular Hbond substituents is 1. The van der Waals surface area contributed by atoms with Gasteiger partial charge >= 0.3 is 0 Å². The molecular weight excluding hydrogens is 320 g/mol. The van der Waals surface area contributed by atoms with Crippen molar-refractivity contribution in [2.24, 2.45) is 17.3 Å². The van der Waals surface area contributed by atoms with Crippen LogP contribution in [-0.4, -0.2) is 33.0 Å². The number of fused-ring (bicyclic) bond motifs is 5. The number of benzene rings is 1. The largest absolute Gasteiger partial charge is 0.508 e. The van der Waals surface area contributed by atoms with E-state index in [2.05, 4.69) is 13.0 Å². The van der Waals surface area contributed by atoms with E-state index >= 15 is 0 Å². The number of aromatic hydroxyl groups is 1. The molecule has 24 heavy (non-hydrogen) atoms. The van der Waals surface area contributed by atoms with Crippen LogP contribution < -0.4 is 0 Å². The molecule has 4 rings (SSSR count). The molecule has 4 heteroatoms. The summed E-state index contributed by atoms with van der Waals surface area (Å²) in [6, 6.07) is 5.96. The van der Waals surface area contributed by atoms with Crippen LogP contribution >= 0.6 is 0 Å². The van der Waals surface area contributed by atoms with Crippen molar-refractivity contribution in [1.29, 1.82) is 0 Å². The number of aliphatic hydroxyl groups is 1. The SMILES string of the molecule is CS(C)=O.C[C@]12CC[C@@H]3c4ccc(O)cc4CC[C@H]3[C@@H]1CC[C@@H]2O. The van der Waals surface area contributed by atoms with Gasteiger partial charge in [0.25, 0.3) is 0 Å². The van der Waals surface area contributed by atoms with Crippen LogP contribution in [0.25, 0.3) is 0 Å². The molecule has 0 unspecified atom stereocenters. The molecule has 0 bridgehead atoms. The van der Waals surface area contributed by atoms with Crippen molar-refractivity contribution in [3.63, 3.8) is 0 Å². The van der Waals surface area contributed by atoms with Gasteiger partial charge in [-0.2, -0.15) is 0 Å². The van der Waals surface area contributed by atoms with Gasteiger partial charge in [0.15, 0.2) is 0 Å². The van der Waals surface area contributed by atoms with E-state index in [1.54, 1.807) is 12.5 Å². The number of hydrogen-bond donors (Lipinski definition) is 2. The monoisotopic (exact) mass is 350 g/mol. The molecule has 134 valence electrons. The van der Waals surface area contributed by atoms with Crippen LogP contribution in [0.15, 0.2) is 18.2 Å². The highest BCUT2D eigenvalue weighted by Gasteiger charge is 2.54. The molecule has 0 spiro atoms. The second-order valence-corrected chi connectivity index (χ2v) is 9.66. The molecule has 0 aromatic heterocycles. The van der Waals surface area contributed by atoms with Crippen LogP contribution in [-0.2, 0) is 17.2 Å². The number of rotatable bonds is 0. The minimum absolute atomic E-state index is 0.0883. The normalized spacial score (nSPS) is 37.0. The molecule has 2 N–H and O–H groups in total. The molecule has 0 saturated heterocycles. The Labute approximate surface area is 147 Å². The lowest BCUT2D eigenvalue weighted by atomic mass is 9.55. The molecule has 3 nitrogen and oxygen atoms in total. The van der Waals surface area contributed by atoms with Crippen LogP contribution in [0, 0.1) is 17.3 Å². The zero-order chi connectivity index (χ0) is 17.5. The van der Waals surface area contributed by atoms with Gasteiger partial charge in [0, 0.05) is 23.3 Å². The molecule has 0 amide bonds. The zero-order valence-electron chi connectivity index (χ0n) is 15.0. The maximum atomic E-state index is 10.4. The summed E-state index contributed by atoms with van der Waals surface area (Å²) in [7, 11) is -0.611. The smallest absolute Gasteiger partial charge is 0.115 e. The van der Waals surface area contributed by atoms with Crippen molar-refractivity contribution in [2.75, 3.05) is 12.5 Å². The molecule has 1 aromatic rings. The van der Waals surface area contributed by atoms with Crippen molar-refractivity contribution >= 4 is 10.8 Å². The van der Waals surface area contributed by atoms with Gasteiger partial charge < -0.3 is 10.2 Å². The Hall–Kier alpha value is -0.870. The Balaban J connectivity index is 0.000000383. The van der Waals surface area contributed by atoms with E-state index in [0.29, 0.717) is 17.6 Å². The van der Waals surface area contributed by atoms with E-state index < -0.39 is 10.8 Å². The van der Waals surface area contributed by atoms with Gasteiger partial charge in [-0.05, 0) is 85.0 Å². The van der Waals surface area contributed by atoms with E-state index in [4.69, 9.17) is 0 Å². The van der Waals surface area contributed by atoms with Crippen LogP contribution in [0.1, 0.15) is 56.1 Å². The molecule has 3 aliphatic rings. The molecule has 2 fully saturated rings. The second kappa shape index (κ2) is 6.80. The standard InChI is InChI=1S/C18H24O2.C2H6OS/c1-18-9-8-14-13-5-3-12(19)10-11(13)2-4-15(14)16(18)6-7-17(18)20;1-4(2)3/h3,5,10,14-17,19-20H,2,4,6-9H2,1H3;1-2H3/t14-,15-,16+,17+,18+;/m1./s1. The van der Waals surface area contributed by atoms with Crippen LogP contribution in [0.2, 0.25) is 0 Å². The molecule has 3 aliphatic carbocycles. The van der Waals surface area contributed by atoms with E-state index in [1.165, 1.54) is 30.4 Å². The van der Waals surface area contributed by atoms with Crippen molar-refractivity contribution in [2.45, 2.75) is 57.5 Å². The minimum atomic E-state index is -0.611. The Kier molecular flexibility index (Phi) is 5.08. The topological polar surface area (TPSA) is 57.5 Å². The Morgan fingerprint density at radius 1 is 1.17 bits per heavy atom. The van der Waals surface area contributed by atoms with Crippen molar-refractivity contribution < 1.29 is 14.4 Å². The Bertz CT molecular complexity index is 625. The fourth-order valence-corrected chi connectivity index (χ4v) is 5.54. The number of aryl methyl sites for hydroxylation is 1. The Morgan fingerprint density at radius 3 is 2.58 bits per heavy atom. The van der Waals surface area contributed by atoms with Crippen molar-refractivity contribution in [3.8, 4) is 5.75 Å². The number of aliphatic hydroxyl groups excluding tert-OH is 1. The average molecular weight is 351 g/mol. The number of hydrogen-bond acceptors (Lipinski definition) is 3. The second-order valence-electron chi connectivity index (χ2n) is 8.18. The van der Waals surface area contributed by atoms with Crippen LogP contribution in [0.5, 0.6) is 5.75 Å². The maximum Gasteiger partial charge on any atom is 0.115 e. The molecule has 2 saturated carbocycles. The lowest BCUT2D eigenvalue weighted by Gasteiger charge is -2.50. The van der Waals surface area contributed by atoms with Gasteiger partial charge in [0.05, 0.1) is 6.10 Å². The predicted octanol–water partition coefficient (Wildman–Crippen LogP) is 3.60. The molecule has 5 atom stereocenters. The highest BCUT2D eigenvalue weighted by Crippen LogP contribution is 2.60. The highest BCUT2D eigenvalue weighted by molar-refractivity contribution is 7.83. The summed E-state index contributed by atoms with van der Waals surface area (Å²) < 4.78 is 9.56. The third-order valence-electron chi connectivity index (χ3n) is 6.66. The Morgan fingerprint density at radius 2 is 1.88 bits per heavy atom. The van der Waals surface area contributed by atoms with Gasteiger partial charge in [-0.1, -0.05) is 13.0 Å². The molecule has 1 aromatic carbocycles. The quantitative estimate of drug-likeness (QED) is 0.751. The van der Waals surface area contributed by atoms with Crippen molar-refractivity contribution in [3.05, 3.63) is 29.3 Å². The van der Waals surface area contributed by atoms with Gasteiger partial charge in [-0.25, -0.2) is 0 Å². The maximum absolute atomic E-state index is 10.4. The van der Waals surface area contributed by atoms with Gasteiger partial charge in [0.1, 0.15) is 5.75 Å². The third-order valence-corrected chi connectivity index (χ3v) is 6.66. The summed E-state index contributed by atoms with van der Waals surface area (Å²) >= 11 is 0. The fourth-order valence-electron chi connectivity index (χ4n) is 5.54. The van der Waals surface area contributed by atoms with E-state index in [0.717, 1.165) is 25.2 Å². The molecular formula is C20H30O3S. The van der Waals surface area contributed by atoms with E-state index in [-0.39, 0.29) is 11.5 Å². The van der Waals surface area contributed by atoms with Gasteiger partial charge in [-0.3, -0.25) is 4.21 Å². The first kappa shape index (κ1) is 17.9. The number of phenols is 1. The van der Waals surface area contributed by atoms with Gasteiger partial charge in [-0.15, -0.1) is 0 Å². The fraction of sp³-hybridized carbons (Fsp3) is 0.700. The first-order valence-corrected chi connectivity index (χ1v) is 11.0. The summed E-state index contributed by atoms with van der Waals surface area (Å²) in [5.74, 6) is 2.49. The van der Waals surface area contributed by atoms with Crippen LogP contribution in [0.3, 0.4) is 0 Å². The summed E-state index contributed by atoms with van der Waals surface area (Å²) in [6.45, 7) is 2.32. The zero-order valence-corrected chi connectivity index (χ0v) is 15.8. The molecule has 0 heterocycles. The lowest BCUT2D eigenvalue weighted by Crippen LogP contribution is -2.43. The average Bonchev–Trinajstić information content (AvgIpc) is 2.82. The van der Waals surface area contributed by atoms with Crippen LogP contribution in [0.4, 0.5) is 0 Å². The van der Waals surface area contributed by atoms with Gasteiger partial charge in [0.2, 0.25) is 0 Å². The minimum Gasteiger partial charge on any atom is -0.508 e. The highest BCUT2D eigenvalue weighted by atomic mass is 32.2. The predicted molar refractivity (Wildman–Crippen MR) is 98.7 cm³/mol. The molecule has 0 aliphatic heterocycles. The third kappa shape index (κ3) is 3.15. The molecule has 0 radical (unpaired) electrons. The van der Waals surface area contributed by atoms with E-state index in [1.807, 2.05) is 12.1 Å². The lowest BCUT2D eigenvalue weighted by molar-refractivity contribution is -0.0226. The first-order valence-electron chi connectivity index (χ1n) is 9.08. The summed E-state index contributed by atoms with van der Waals surface area (Å²) in [5, 5.41) is 20.0. The summed E-state index contributed by atoms with van der Waals surface area (Å²) in [6.07, 6.45) is 10.1.